The highest BCUT2D eigenvalue weighted by Crippen LogP contribution is 2.42. The monoisotopic (exact) mass is 449 g/mol. The molecular weight excluding hydrogens is 425 g/mol. The van der Waals surface area contributed by atoms with Gasteiger partial charge in [0, 0.05) is 18.0 Å². The molecule has 0 amide bonds. The van der Waals surface area contributed by atoms with Crippen molar-refractivity contribution in [3.05, 3.63) is 57.6 Å². The molecule has 2 aromatic carbocycles. The highest BCUT2D eigenvalue weighted by atomic mass is 35.5. The van der Waals surface area contributed by atoms with Crippen molar-refractivity contribution in [2.45, 2.75) is 44.2 Å². The second kappa shape index (κ2) is 9.04. The second-order valence-electron chi connectivity index (χ2n) is 8.08. The van der Waals surface area contributed by atoms with Gasteiger partial charge in [-0.2, -0.15) is 0 Å². The summed E-state index contributed by atoms with van der Waals surface area (Å²) in [7, 11) is 0. The van der Waals surface area contributed by atoms with E-state index in [1.54, 1.807) is 12.1 Å². The zero-order chi connectivity index (χ0) is 21.3. The van der Waals surface area contributed by atoms with Crippen molar-refractivity contribution >= 4 is 29.2 Å². The van der Waals surface area contributed by atoms with Crippen LogP contribution in [0, 0.1) is 12.8 Å². The molecule has 0 saturated carbocycles. The van der Waals surface area contributed by atoms with Crippen molar-refractivity contribution in [2.75, 3.05) is 13.2 Å². The van der Waals surface area contributed by atoms with Gasteiger partial charge in [0.25, 0.3) is 0 Å². The van der Waals surface area contributed by atoms with Crippen LogP contribution in [0.3, 0.4) is 0 Å². The molecule has 160 valence electrons. The Hall–Kier alpha value is -1.95. The van der Waals surface area contributed by atoms with Crippen LogP contribution in [0.15, 0.2) is 36.4 Å². The van der Waals surface area contributed by atoms with Crippen molar-refractivity contribution in [3.8, 4) is 11.5 Å². The average Bonchev–Trinajstić information content (AvgIpc) is 3.07. The maximum Gasteiger partial charge on any atom is 0.308 e. The molecule has 2 bridgehead atoms. The number of ether oxygens (including phenoxy) is 2. The zero-order valence-electron chi connectivity index (χ0n) is 16.7. The van der Waals surface area contributed by atoms with Crippen molar-refractivity contribution in [1.82, 2.24) is 5.32 Å². The number of aliphatic carboxylic acids is 1. The van der Waals surface area contributed by atoms with E-state index in [0.29, 0.717) is 40.8 Å². The van der Waals surface area contributed by atoms with Gasteiger partial charge in [-0.1, -0.05) is 35.3 Å². The van der Waals surface area contributed by atoms with Crippen molar-refractivity contribution in [3.63, 3.8) is 0 Å². The molecule has 2 aliphatic rings. The summed E-state index contributed by atoms with van der Waals surface area (Å²) in [4.78, 5) is 11.9. The lowest BCUT2D eigenvalue weighted by Gasteiger charge is -2.35. The molecule has 4 atom stereocenters. The van der Waals surface area contributed by atoms with E-state index in [2.05, 4.69) is 5.32 Å². The summed E-state index contributed by atoms with van der Waals surface area (Å²) < 4.78 is 11.4. The smallest absolute Gasteiger partial charge is 0.308 e. The molecule has 5 nitrogen and oxygen atoms in total. The molecule has 2 saturated heterocycles. The van der Waals surface area contributed by atoms with E-state index < -0.39 is 5.97 Å². The molecule has 0 radical (unpaired) electrons. The highest BCUT2D eigenvalue weighted by Gasteiger charge is 2.45. The summed E-state index contributed by atoms with van der Waals surface area (Å²) in [6, 6.07) is 11.8. The largest absolute Gasteiger partial charge is 0.490 e. The van der Waals surface area contributed by atoms with Gasteiger partial charge in [0.05, 0.1) is 16.0 Å². The maximum absolute atomic E-state index is 11.9. The van der Waals surface area contributed by atoms with E-state index in [-0.39, 0.29) is 17.9 Å². The molecule has 2 aromatic rings. The number of hydrogen-bond acceptors (Lipinski definition) is 4. The Morgan fingerprint density at radius 1 is 1.10 bits per heavy atom. The van der Waals surface area contributed by atoms with Crippen LogP contribution in [0.1, 0.15) is 36.3 Å². The van der Waals surface area contributed by atoms with Crippen LogP contribution in [0.5, 0.6) is 11.5 Å². The number of nitrogens with one attached hydrogen (secondary N) is 1. The number of carboxylic acids is 1. The van der Waals surface area contributed by atoms with Gasteiger partial charge < -0.3 is 19.9 Å². The minimum absolute atomic E-state index is 0.0319. The lowest BCUT2D eigenvalue weighted by Crippen LogP contribution is -2.47. The summed E-state index contributed by atoms with van der Waals surface area (Å²) in [5.41, 5.74) is 2.03. The first-order chi connectivity index (χ1) is 14.4. The van der Waals surface area contributed by atoms with Gasteiger partial charge in [-0.05, 0) is 61.6 Å². The third-order valence-corrected chi connectivity index (χ3v) is 6.58. The summed E-state index contributed by atoms with van der Waals surface area (Å²) in [6.07, 6.45) is 2.86. The number of piperidine rings is 1. The van der Waals surface area contributed by atoms with Crippen LogP contribution in [0.4, 0.5) is 0 Å². The fourth-order valence-corrected chi connectivity index (χ4v) is 5.38. The van der Waals surface area contributed by atoms with Gasteiger partial charge >= 0.3 is 5.97 Å². The van der Waals surface area contributed by atoms with Gasteiger partial charge in [-0.3, -0.25) is 4.79 Å². The summed E-state index contributed by atoms with van der Waals surface area (Å²) in [5.74, 6) is 0.108. The lowest BCUT2D eigenvalue weighted by molar-refractivity contribution is -0.144. The number of carbonyl (C=O) groups is 1. The number of rotatable bonds is 7. The van der Waals surface area contributed by atoms with E-state index in [9.17, 15) is 9.90 Å². The predicted molar refractivity (Wildman–Crippen MR) is 117 cm³/mol. The molecule has 0 spiro atoms. The van der Waals surface area contributed by atoms with Gasteiger partial charge in [-0.15, -0.1) is 0 Å². The average molecular weight is 450 g/mol. The van der Waals surface area contributed by atoms with Crippen LogP contribution in [0.2, 0.25) is 10.0 Å². The zero-order valence-corrected chi connectivity index (χ0v) is 18.2. The molecule has 7 heteroatoms. The molecular formula is C23H25Cl2NO4. The molecule has 0 unspecified atom stereocenters. The predicted octanol–water partition coefficient (Wildman–Crippen LogP) is 5.07. The van der Waals surface area contributed by atoms with Crippen LogP contribution < -0.4 is 14.8 Å². The van der Waals surface area contributed by atoms with E-state index in [0.717, 1.165) is 30.4 Å². The Bertz CT molecular complexity index is 895. The van der Waals surface area contributed by atoms with Crippen LogP contribution in [-0.4, -0.2) is 36.4 Å². The van der Waals surface area contributed by atoms with Gasteiger partial charge in [0.1, 0.15) is 19.0 Å². The molecule has 2 heterocycles. The molecule has 2 fully saturated rings. The molecule has 2 N–H and O–H groups in total. The van der Waals surface area contributed by atoms with Gasteiger partial charge in [-0.25, -0.2) is 0 Å². The van der Waals surface area contributed by atoms with E-state index in [1.807, 2.05) is 31.2 Å². The fraction of sp³-hybridized carbons (Fsp3) is 0.435. The Morgan fingerprint density at radius 2 is 1.77 bits per heavy atom. The van der Waals surface area contributed by atoms with Gasteiger partial charge in [0.15, 0.2) is 5.75 Å². The van der Waals surface area contributed by atoms with Gasteiger partial charge in [0.2, 0.25) is 0 Å². The molecule has 30 heavy (non-hydrogen) atoms. The van der Waals surface area contributed by atoms with Crippen LogP contribution in [-0.2, 0) is 4.79 Å². The number of benzene rings is 2. The van der Waals surface area contributed by atoms with Crippen LogP contribution in [0.25, 0.3) is 0 Å². The minimum Gasteiger partial charge on any atom is -0.490 e. The Morgan fingerprint density at radius 3 is 2.43 bits per heavy atom. The quantitative estimate of drug-likeness (QED) is 0.577. The van der Waals surface area contributed by atoms with Crippen molar-refractivity contribution in [1.29, 1.82) is 0 Å². The summed E-state index contributed by atoms with van der Waals surface area (Å²) >= 11 is 12.4. The Balaban J connectivity index is 1.34. The maximum atomic E-state index is 11.9. The summed E-state index contributed by atoms with van der Waals surface area (Å²) in [6.45, 7) is 2.57. The first kappa shape index (κ1) is 21.3. The van der Waals surface area contributed by atoms with E-state index in [4.69, 9.17) is 32.7 Å². The molecule has 4 rings (SSSR count). The normalized spacial score (nSPS) is 25.2. The standard InChI is InChI=1S/C23H25Cl2NO4/c1-13-10-18(24)22(19(25)11-13)30-9-8-29-16-5-2-14(3-6-16)17-12-15-4-7-20(26-15)21(17)23(27)28/h2-3,5-6,10-11,15,17,20-21,26H,4,7-9,12H2,1H3,(H,27,28)/t15-,17+,20+,21+/m0/s1. The minimum atomic E-state index is -0.719. The number of fused-ring (bicyclic) bond motifs is 2. The van der Waals surface area contributed by atoms with Crippen molar-refractivity contribution < 1.29 is 19.4 Å². The molecule has 2 aliphatic heterocycles. The second-order valence-corrected chi connectivity index (χ2v) is 8.89. The number of halogens is 2. The van der Waals surface area contributed by atoms with Crippen molar-refractivity contribution in [2.24, 2.45) is 5.92 Å². The number of carboxylic acid groups (broad SMARTS) is 1. The SMILES string of the molecule is Cc1cc(Cl)c(OCCOc2ccc([C@H]3C[C@@H]4CC[C@@H](N4)[C@@H]3C(=O)O)cc2)c(Cl)c1. The molecule has 0 aromatic heterocycles. The van der Waals surface area contributed by atoms with E-state index >= 15 is 0 Å². The lowest BCUT2D eigenvalue weighted by atomic mass is 9.77. The summed E-state index contributed by atoms with van der Waals surface area (Å²) in [5, 5.41) is 14.2. The first-order valence-corrected chi connectivity index (χ1v) is 11.0. The Labute approximate surface area is 186 Å². The first-order valence-electron chi connectivity index (χ1n) is 10.2. The third kappa shape index (κ3) is 4.53. The third-order valence-electron chi connectivity index (χ3n) is 6.02. The Kier molecular flexibility index (Phi) is 6.42. The number of aryl methyl sites for hydroxylation is 1. The fourth-order valence-electron chi connectivity index (χ4n) is 4.68. The highest BCUT2D eigenvalue weighted by molar-refractivity contribution is 6.37. The number of hydrogen-bond donors (Lipinski definition) is 2. The van der Waals surface area contributed by atoms with E-state index in [1.165, 1.54) is 0 Å². The molecule has 0 aliphatic carbocycles. The van der Waals surface area contributed by atoms with Crippen LogP contribution >= 0.6 is 23.2 Å². The topological polar surface area (TPSA) is 67.8 Å².